The van der Waals surface area contributed by atoms with Crippen LogP contribution in [0.1, 0.15) is 30.4 Å². The Balaban J connectivity index is 2.01. The highest BCUT2D eigenvalue weighted by Crippen LogP contribution is 2.49. The van der Waals surface area contributed by atoms with E-state index in [4.69, 9.17) is 4.74 Å². The molecule has 6 heteroatoms. The molecule has 1 fully saturated rings. The molecule has 4 rings (SSSR count). The summed E-state index contributed by atoms with van der Waals surface area (Å²) in [5.74, 6) is -0.544. The Hall–Kier alpha value is -2.63. The summed E-state index contributed by atoms with van der Waals surface area (Å²) in [5.41, 5.74) is 1.66. The number of likely N-dealkylation sites (N-methyl/N-ethyl adjacent to an activating group) is 1. The van der Waals surface area contributed by atoms with Crippen LogP contribution in [-0.2, 0) is 19.9 Å². The number of benzene rings is 1. The number of nitrogens with zero attached hydrogens (tertiary/aromatic N) is 1. The van der Waals surface area contributed by atoms with E-state index < -0.39 is 11.6 Å². The van der Waals surface area contributed by atoms with Crippen LogP contribution in [-0.4, -0.2) is 31.9 Å². The molecule has 0 radical (unpaired) electrons. The van der Waals surface area contributed by atoms with Crippen molar-refractivity contribution in [3.05, 3.63) is 35.4 Å². The van der Waals surface area contributed by atoms with Crippen LogP contribution in [0.4, 0.5) is 10.5 Å². The molecule has 0 spiro atoms. The highest BCUT2D eigenvalue weighted by atomic mass is 16.5. The average molecular weight is 326 g/mol. The summed E-state index contributed by atoms with van der Waals surface area (Å²) >= 11 is 0. The third-order valence-electron chi connectivity index (χ3n) is 5.36. The number of ether oxygens (including phenoxy) is 1. The van der Waals surface area contributed by atoms with E-state index in [2.05, 4.69) is 5.32 Å². The smallest absolute Gasteiger partial charge is 0.407 e. The number of nitrogens with one attached hydrogen (secondary N) is 1. The molecule has 6 nitrogen and oxygen atoms in total. The molecule has 1 aromatic carbocycles. The number of hydrogen-bond acceptors (Lipinski definition) is 4. The van der Waals surface area contributed by atoms with Gasteiger partial charge in [-0.15, -0.1) is 0 Å². The van der Waals surface area contributed by atoms with E-state index >= 15 is 0 Å². The minimum atomic E-state index is -1.13. The SMILES string of the molecule is COC(=O)N[C@]12CCC[C@H](C=C3C(=O)N(C)c4cccc1c43)C2=O. The highest BCUT2D eigenvalue weighted by molar-refractivity contribution is 6.34. The van der Waals surface area contributed by atoms with E-state index in [1.807, 2.05) is 18.2 Å². The lowest BCUT2D eigenvalue weighted by Gasteiger charge is -2.39. The van der Waals surface area contributed by atoms with Gasteiger partial charge in [0, 0.05) is 24.1 Å². The molecule has 0 unspecified atom stereocenters. The van der Waals surface area contributed by atoms with Gasteiger partial charge in [-0.2, -0.15) is 0 Å². The lowest BCUT2D eigenvalue weighted by Crippen LogP contribution is -2.55. The molecule has 1 aliphatic heterocycles. The molecule has 124 valence electrons. The van der Waals surface area contributed by atoms with Gasteiger partial charge >= 0.3 is 6.09 Å². The lowest BCUT2D eigenvalue weighted by atomic mass is 9.71. The van der Waals surface area contributed by atoms with Gasteiger partial charge in [0.2, 0.25) is 0 Å². The van der Waals surface area contributed by atoms with Crippen LogP contribution in [0.2, 0.25) is 0 Å². The van der Waals surface area contributed by atoms with E-state index in [1.165, 1.54) is 7.11 Å². The fraction of sp³-hybridized carbons (Fsp3) is 0.389. The fourth-order valence-corrected chi connectivity index (χ4v) is 4.21. The van der Waals surface area contributed by atoms with Gasteiger partial charge in [-0.3, -0.25) is 9.59 Å². The first kappa shape index (κ1) is 14.9. The summed E-state index contributed by atoms with van der Waals surface area (Å²) in [6, 6.07) is 5.52. The number of rotatable bonds is 1. The van der Waals surface area contributed by atoms with Gasteiger partial charge in [-0.1, -0.05) is 18.2 Å². The van der Waals surface area contributed by atoms with Crippen LogP contribution in [0.5, 0.6) is 0 Å². The van der Waals surface area contributed by atoms with Crippen molar-refractivity contribution in [2.24, 2.45) is 5.92 Å². The number of methoxy groups -OCH3 is 1. The Kier molecular flexibility index (Phi) is 3.07. The molecule has 1 aromatic rings. The Labute approximate surface area is 139 Å². The van der Waals surface area contributed by atoms with E-state index in [-0.39, 0.29) is 17.6 Å². The molecule has 2 aliphatic carbocycles. The third-order valence-corrected chi connectivity index (χ3v) is 5.36. The minimum Gasteiger partial charge on any atom is -0.453 e. The fourth-order valence-electron chi connectivity index (χ4n) is 4.21. The van der Waals surface area contributed by atoms with Gasteiger partial charge < -0.3 is 15.0 Å². The molecule has 2 bridgehead atoms. The number of Topliss-reactive ketones (excluding diaryl/α,β-unsaturated/α-hetero) is 1. The average Bonchev–Trinajstić information content (AvgIpc) is 2.81. The number of amides is 2. The van der Waals surface area contributed by atoms with Crippen molar-refractivity contribution in [2.75, 3.05) is 19.1 Å². The predicted octanol–water partition coefficient (Wildman–Crippen LogP) is 1.98. The number of fused-ring (bicyclic) bond motifs is 3. The van der Waals surface area contributed by atoms with E-state index in [0.29, 0.717) is 24.0 Å². The molecule has 0 saturated heterocycles. The Morgan fingerprint density at radius 3 is 2.92 bits per heavy atom. The third kappa shape index (κ3) is 1.74. The van der Waals surface area contributed by atoms with Gasteiger partial charge in [-0.25, -0.2) is 4.79 Å². The molecule has 1 N–H and O–H groups in total. The molecule has 3 aliphatic rings. The highest BCUT2D eigenvalue weighted by Gasteiger charge is 2.52. The molecule has 2 atom stereocenters. The van der Waals surface area contributed by atoms with Crippen LogP contribution in [0.15, 0.2) is 24.3 Å². The Bertz CT molecular complexity index is 813. The summed E-state index contributed by atoms with van der Waals surface area (Å²) < 4.78 is 4.76. The molecule has 1 heterocycles. The minimum absolute atomic E-state index is 0.0649. The van der Waals surface area contributed by atoms with Gasteiger partial charge in [0.1, 0.15) is 5.54 Å². The number of carbonyl (C=O) groups excluding carboxylic acids is 3. The number of hydrogen-bond donors (Lipinski definition) is 1. The standard InChI is InChI=1S/C18H18N2O4/c1-20-13-7-3-6-12-14(13)11(16(20)22)9-10-5-4-8-18(12,15(10)21)19-17(23)24-2/h3,6-7,9-10H,4-5,8H2,1-2H3,(H,19,23)/t10-,18-/m1/s1. The maximum atomic E-state index is 13.2. The van der Waals surface area contributed by atoms with Crippen molar-refractivity contribution in [2.45, 2.75) is 24.8 Å². The molecular weight excluding hydrogens is 308 g/mol. The number of carbonyl (C=O) groups is 3. The normalized spacial score (nSPS) is 27.3. The second-order valence-corrected chi connectivity index (χ2v) is 6.53. The summed E-state index contributed by atoms with van der Waals surface area (Å²) in [6.07, 6.45) is 3.14. The molecule has 24 heavy (non-hydrogen) atoms. The molecular formula is C18H18N2O4. The quantitative estimate of drug-likeness (QED) is 0.856. The summed E-state index contributed by atoms with van der Waals surface area (Å²) in [6.45, 7) is 0. The summed E-state index contributed by atoms with van der Waals surface area (Å²) in [5, 5.41) is 2.79. The molecule has 2 amide bonds. The van der Waals surface area contributed by atoms with Crippen LogP contribution in [0.25, 0.3) is 5.57 Å². The van der Waals surface area contributed by atoms with Crippen molar-refractivity contribution < 1.29 is 19.1 Å². The zero-order chi connectivity index (χ0) is 17.1. The van der Waals surface area contributed by atoms with E-state index in [0.717, 1.165) is 17.7 Å². The van der Waals surface area contributed by atoms with Crippen LogP contribution in [0.3, 0.4) is 0 Å². The van der Waals surface area contributed by atoms with Crippen LogP contribution in [0, 0.1) is 5.92 Å². The van der Waals surface area contributed by atoms with Gasteiger partial charge in [0.05, 0.1) is 12.8 Å². The van der Waals surface area contributed by atoms with Crippen molar-refractivity contribution >= 4 is 29.0 Å². The first-order valence-corrected chi connectivity index (χ1v) is 8.04. The maximum Gasteiger partial charge on any atom is 0.407 e. The van der Waals surface area contributed by atoms with E-state index in [1.54, 1.807) is 18.0 Å². The van der Waals surface area contributed by atoms with Crippen molar-refractivity contribution in [1.29, 1.82) is 0 Å². The second kappa shape index (κ2) is 4.93. The topological polar surface area (TPSA) is 75.7 Å². The predicted molar refractivity (Wildman–Crippen MR) is 87.4 cm³/mol. The largest absolute Gasteiger partial charge is 0.453 e. The van der Waals surface area contributed by atoms with Gasteiger partial charge in [0.25, 0.3) is 5.91 Å². The maximum absolute atomic E-state index is 13.2. The zero-order valence-corrected chi connectivity index (χ0v) is 13.6. The first-order valence-electron chi connectivity index (χ1n) is 8.04. The number of allylic oxidation sites excluding steroid dienone is 1. The number of anilines is 1. The van der Waals surface area contributed by atoms with Crippen LogP contribution >= 0.6 is 0 Å². The van der Waals surface area contributed by atoms with Crippen molar-refractivity contribution in [1.82, 2.24) is 5.32 Å². The number of ketones is 1. The van der Waals surface area contributed by atoms with Crippen LogP contribution < -0.4 is 10.2 Å². The van der Waals surface area contributed by atoms with E-state index in [9.17, 15) is 14.4 Å². The van der Waals surface area contributed by atoms with Crippen molar-refractivity contribution in [3.8, 4) is 0 Å². The number of alkyl carbamates (subject to hydrolysis) is 1. The first-order chi connectivity index (χ1) is 11.5. The monoisotopic (exact) mass is 326 g/mol. The zero-order valence-electron chi connectivity index (χ0n) is 13.6. The summed E-state index contributed by atoms with van der Waals surface area (Å²) in [7, 11) is 3.01. The Morgan fingerprint density at radius 1 is 1.38 bits per heavy atom. The Morgan fingerprint density at radius 2 is 2.17 bits per heavy atom. The van der Waals surface area contributed by atoms with Crippen molar-refractivity contribution in [3.63, 3.8) is 0 Å². The van der Waals surface area contributed by atoms with Gasteiger partial charge in [-0.05, 0) is 30.9 Å². The van der Waals surface area contributed by atoms with Gasteiger partial charge in [0.15, 0.2) is 5.78 Å². The molecule has 0 aromatic heterocycles. The lowest BCUT2D eigenvalue weighted by molar-refractivity contribution is -0.130. The second-order valence-electron chi connectivity index (χ2n) is 6.53. The summed E-state index contributed by atoms with van der Waals surface area (Å²) in [4.78, 5) is 39.4. The molecule has 1 saturated carbocycles.